The molecule has 4 nitrogen and oxygen atoms in total. The summed E-state index contributed by atoms with van der Waals surface area (Å²) in [5.74, 6) is -0.858. The van der Waals surface area contributed by atoms with Gasteiger partial charge in [0.15, 0.2) is 9.84 Å². The highest BCUT2D eigenvalue weighted by Gasteiger charge is 2.33. The number of rotatable bonds is 3. The van der Waals surface area contributed by atoms with Crippen LogP contribution < -0.4 is 0 Å². The summed E-state index contributed by atoms with van der Waals surface area (Å²) in [7, 11) is -3.09. The van der Waals surface area contributed by atoms with E-state index < -0.39 is 21.1 Å². The van der Waals surface area contributed by atoms with Gasteiger partial charge < -0.3 is 5.11 Å². The molecule has 0 amide bonds. The average molecular weight is 204 g/mol. The number of carbonyl (C=O) groups is 1. The number of carboxylic acid groups (broad SMARTS) is 1. The van der Waals surface area contributed by atoms with Crippen LogP contribution in [-0.4, -0.2) is 30.5 Å². The van der Waals surface area contributed by atoms with E-state index >= 15 is 0 Å². The van der Waals surface area contributed by atoms with Gasteiger partial charge in [-0.3, -0.25) is 4.79 Å². The zero-order valence-electron chi connectivity index (χ0n) is 7.19. The van der Waals surface area contributed by atoms with Gasteiger partial charge in [0, 0.05) is 0 Å². The molecule has 1 saturated heterocycles. The molecule has 1 unspecified atom stereocenters. The third kappa shape index (κ3) is 2.30. The second kappa shape index (κ2) is 3.49. The van der Waals surface area contributed by atoms with Gasteiger partial charge in [-0.25, -0.2) is 8.42 Å². The highest BCUT2D eigenvalue weighted by molar-refractivity contribution is 7.92. The topological polar surface area (TPSA) is 71.4 Å². The summed E-state index contributed by atoms with van der Waals surface area (Å²) in [6, 6.07) is 0. The van der Waals surface area contributed by atoms with E-state index in [1.807, 2.05) is 0 Å². The molecule has 0 radical (unpaired) electrons. The average Bonchev–Trinajstić information content (AvgIpc) is 2.27. The Hall–Kier alpha value is -0.840. The number of hydrogen-bond acceptors (Lipinski definition) is 3. The fourth-order valence-electron chi connectivity index (χ4n) is 1.56. The monoisotopic (exact) mass is 204 g/mol. The van der Waals surface area contributed by atoms with Crippen molar-refractivity contribution in [3.63, 3.8) is 0 Å². The van der Waals surface area contributed by atoms with Gasteiger partial charge in [-0.1, -0.05) is 6.58 Å². The molecule has 0 aromatic rings. The van der Waals surface area contributed by atoms with Crippen LogP contribution in [0, 0.1) is 0 Å². The van der Waals surface area contributed by atoms with Crippen molar-refractivity contribution in [3.05, 3.63) is 12.2 Å². The minimum Gasteiger partial charge on any atom is -0.481 e. The third-order valence-electron chi connectivity index (χ3n) is 2.16. The number of sulfone groups is 1. The Morgan fingerprint density at radius 2 is 2.15 bits per heavy atom. The Bertz CT molecular complexity index is 328. The smallest absolute Gasteiger partial charge is 0.307 e. The second-order valence-corrected chi connectivity index (χ2v) is 5.53. The molecule has 1 rings (SSSR count). The van der Waals surface area contributed by atoms with E-state index in [1.165, 1.54) is 0 Å². The molecule has 1 heterocycles. The van der Waals surface area contributed by atoms with E-state index in [0.29, 0.717) is 18.4 Å². The van der Waals surface area contributed by atoms with Gasteiger partial charge >= 0.3 is 5.97 Å². The van der Waals surface area contributed by atoms with Crippen molar-refractivity contribution in [2.75, 3.05) is 5.75 Å². The molecule has 1 atom stereocenters. The first-order chi connectivity index (χ1) is 5.93. The Morgan fingerprint density at radius 3 is 2.54 bits per heavy atom. The van der Waals surface area contributed by atoms with Crippen molar-refractivity contribution in [3.8, 4) is 0 Å². The SMILES string of the molecule is C=C(CC(=O)O)C1CCCS1(=O)=O. The normalized spacial score (nSPS) is 25.7. The van der Waals surface area contributed by atoms with Crippen LogP contribution in [0.2, 0.25) is 0 Å². The highest BCUT2D eigenvalue weighted by atomic mass is 32.2. The lowest BCUT2D eigenvalue weighted by Gasteiger charge is -2.10. The van der Waals surface area contributed by atoms with E-state index in [9.17, 15) is 13.2 Å². The molecule has 1 aliphatic heterocycles. The molecular formula is C8H12O4S. The Morgan fingerprint density at radius 1 is 1.54 bits per heavy atom. The molecule has 0 aromatic carbocycles. The van der Waals surface area contributed by atoms with Gasteiger partial charge in [-0.15, -0.1) is 0 Å². The Labute approximate surface area is 77.2 Å². The predicted molar refractivity (Wildman–Crippen MR) is 48.2 cm³/mol. The molecule has 13 heavy (non-hydrogen) atoms. The van der Waals surface area contributed by atoms with Gasteiger partial charge in [0.05, 0.1) is 17.4 Å². The van der Waals surface area contributed by atoms with Crippen molar-refractivity contribution in [2.24, 2.45) is 0 Å². The maximum absolute atomic E-state index is 11.3. The van der Waals surface area contributed by atoms with Crippen LogP contribution in [0.3, 0.4) is 0 Å². The van der Waals surface area contributed by atoms with Gasteiger partial charge in [-0.05, 0) is 18.4 Å². The lowest BCUT2D eigenvalue weighted by Crippen LogP contribution is -2.19. The fraction of sp³-hybridized carbons (Fsp3) is 0.625. The maximum atomic E-state index is 11.3. The summed E-state index contributed by atoms with van der Waals surface area (Å²) in [5, 5.41) is 7.84. The van der Waals surface area contributed by atoms with Crippen LogP contribution in [0.25, 0.3) is 0 Å². The van der Waals surface area contributed by atoms with Crippen LogP contribution in [0.4, 0.5) is 0 Å². The van der Waals surface area contributed by atoms with Gasteiger partial charge in [-0.2, -0.15) is 0 Å². The highest BCUT2D eigenvalue weighted by Crippen LogP contribution is 2.26. The van der Waals surface area contributed by atoms with E-state index in [4.69, 9.17) is 5.11 Å². The number of hydrogen-bond donors (Lipinski definition) is 1. The van der Waals surface area contributed by atoms with Gasteiger partial charge in [0.2, 0.25) is 0 Å². The van der Waals surface area contributed by atoms with Crippen molar-refractivity contribution >= 4 is 15.8 Å². The molecule has 0 aromatic heterocycles. The van der Waals surface area contributed by atoms with E-state index in [2.05, 4.69) is 6.58 Å². The standard InChI is InChI=1S/C8H12O4S/c1-6(5-8(9)10)7-3-2-4-13(7,11)12/h7H,1-5H2,(H,9,10). The largest absolute Gasteiger partial charge is 0.481 e. The molecule has 1 fully saturated rings. The molecule has 5 heteroatoms. The van der Waals surface area contributed by atoms with Crippen molar-refractivity contribution in [1.82, 2.24) is 0 Å². The van der Waals surface area contributed by atoms with Crippen LogP contribution in [0.5, 0.6) is 0 Å². The molecule has 1 N–H and O–H groups in total. The summed E-state index contributed by atoms with van der Waals surface area (Å²) >= 11 is 0. The summed E-state index contributed by atoms with van der Waals surface area (Å²) in [4.78, 5) is 10.3. The first kappa shape index (κ1) is 10.2. The second-order valence-electron chi connectivity index (χ2n) is 3.23. The third-order valence-corrected chi connectivity index (χ3v) is 4.46. The van der Waals surface area contributed by atoms with E-state index in [0.717, 1.165) is 0 Å². The zero-order valence-corrected chi connectivity index (χ0v) is 8.01. The Kier molecular flexibility index (Phi) is 2.75. The number of carboxylic acids is 1. The van der Waals surface area contributed by atoms with Crippen LogP contribution in [-0.2, 0) is 14.6 Å². The van der Waals surface area contributed by atoms with Crippen molar-refractivity contribution < 1.29 is 18.3 Å². The number of aliphatic carboxylic acids is 1. The summed E-state index contributed by atoms with van der Waals surface area (Å²) in [5.41, 5.74) is 0.310. The molecule has 0 saturated carbocycles. The summed E-state index contributed by atoms with van der Waals surface area (Å²) in [6.07, 6.45) is 0.893. The van der Waals surface area contributed by atoms with E-state index in [1.54, 1.807) is 0 Å². The molecule has 0 spiro atoms. The predicted octanol–water partition coefficient (Wildman–Crippen LogP) is 0.595. The fourth-order valence-corrected chi connectivity index (χ4v) is 3.53. The summed E-state index contributed by atoms with van der Waals surface area (Å²) in [6.45, 7) is 3.51. The minimum absolute atomic E-state index is 0.163. The van der Waals surface area contributed by atoms with E-state index in [-0.39, 0.29) is 12.2 Å². The lowest BCUT2D eigenvalue weighted by molar-refractivity contribution is -0.136. The minimum atomic E-state index is -3.09. The van der Waals surface area contributed by atoms with Crippen LogP contribution in [0.1, 0.15) is 19.3 Å². The van der Waals surface area contributed by atoms with Gasteiger partial charge in [0.1, 0.15) is 0 Å². The van der Waals surface area contributed by atoms with Crippen molar-refractivity contribution in [2.45, 2.75) is 24.5 Å². The van der Waals surface area contributed by atoms with Crippen LogP contribution >= 0.6 is 0 Å². The lowest BCUT2D eigenvalue weighted by atomic mass is 10.1. The van der Waals surface area contributed by atoms with Crippen LogP contribution in [0.15, 0.2) is 12.2 Å². The summed E-state index contributed by atoms with van der Waals surface area (Å²) < 4.78 is 22.7. The molecular weight excluding hydrogens is 192 g/mol. The Balaban J connectivity index is 2.73. The van der Waals surface area contributed by atoms with Crippen molar-refractivity contribution in [1.29, 1.82) is 0 Å². The zero-order chi connectivity index (χ0) is 10.1. The van der Waals surface area contributed by atoms with Gasteiger partial charge in [0.25, 0.3) is 0 Å². The molecule has 0 aliphatic carbocycles. The molecule has 1 aliphatic rings. The first-order valence-corrected chi connectivity index (χ1v) is 5.76. The molecule has 0 bridgehead atoms. The first-order valence-electron chi connectivity index (χ1n) is 4.04. The quantitative estimate of drug-likeness (QED) is 0.683. The molecule has 74 valence electrons. The maximum Gasteiger partial charge on any atom is 0.307 e.